The number of unbranched alkanes of at least 4 members (excludes halogenated alkanes) is 17. The molecule has 69 heavy (non-hydrogen) atoms. The molecule has 0 spiro atoms. The first-order valence-electron chi connectivity index (χ1n) is 25.7. The largest absolute Gasteiger partial charge is 0.481 e. The van der Waals surface area contributed by atoms with E-state index in [2.05, 4.69) is 16.0 Å². The fraction of sp³-hybridized carbons (Fsp3) is 0.840. The minimum atomic E-state index is -0.935. The van der Waals surface area contributed by atoms with Crippen LogP contribution in [0.5, 0.6) is 0 Å². The monoisotopic (exact) mass is 988 g/mol. The molecule has 0 atom stereocenters. The van der Waals surface area contributed by atoms with Gasteiger partial charge in [-0.25, -0.2) is 0 Å². The zero-order valence-corrected chi connectivity index (χ0v) is 41.7. The lowest BCUT2D eigenvalue weighted by molar-refractivity contribution is -0.138. The Morgan fingerprint density at radius 1 is 0.290 bits per heavy atom. The van der Waals surface area contributed by atoms with Gasteiger partial charge in [0.2, 0.25) is 17.7 Å². The van der Waals surface area contributed by atoms with Crippen molar-refractivity contribution in [2.24, 2.45) is 5.41 Å². The minimum Gasteiger partial charge on any atom is -0.481 e. The summed E-state index contributed by atoms with van der Waals surface area (Å²) in [7, 11) is 0. The van der Waals surface area contributed by atoms with Gasteiger partial charge in [-0.1, -0.05) is 83.5 Å². The number of amides is 3. The first-order valence-corrected chi connectivity index (χ1v) is 25.7. The van der Waals surface area contributed by atoms with Crippen molar-refractivity contribution in [1.29, 1.82) is 0 Å². The quantitative estimate of drug-likeness (QED) is 0.0302. The van der Waals surface area contributed by atoms with Crippen LogP contribution in [0.2, 0.25) is 0 Å². The number of Topliss-reactive ketones (excluding diaryl/α,β-unsaturated/α-hetero) is 1. The van der Waals surface area contributed by atoms with Gasteiger partial charge in [0.05, 0.1) is 58.3 Å². The van der Waals surface area contributed by atoms with E-state index in [1.54, 1.807) is 0 Å². The van der Waals surface area contributed by atoms with Crippen molar-refractivity contribution in [1.82, 2.24) is 16.0 Å². The van der Waals surface area contributed by atoms with Crippen LogP contribution in [0, 0.1) is 5.41 Å². The second-order valence-corrected chi connectivity index (χ2v) is 18.0. The highest BCUT2D eigenvalue weighted by Crippen LogP contribution is 2.22. The standard InChI is InChI=1S/C50H89N3O16/c54-42(22-14-6-1-2-7-15-23-46(58)59)27-34-66-38-50(39-67-35-28-43(55)51-31-19-11-3-8-16-24-47(60)61,40-68-36-29-44(56)52-32-20-12-4-9-17-25-48(62)63)41-69-37-30-45(57)53-33-21-13-5-10-18-26-49(64)65/h1-41H2,(H,51,55)(H,52,56)(H,53,57)(H,58,59)(H,60,61)(H,62,63)(H,64,65). The molecule has 3 amide bonds. The van der Waals surface area contributed by atoms with Gasteiger partial charge in [0.1, 0.15) is 5.78 Å². The zero-order chi connectivity index (χ0) is 51.1. The van der Waals surface area contributed by atoms with Crippen molar-refractivity contribution >= 4 is 47.4 Å². The van der Waals surface area contributed by atoms with Crippen LogP contribution in [0.15, 0.2) is 0 Å². The summed E-state index contributed by atoms with van der Waals surface area (Å²) in [5.41, 5.74) is -0.935. The molecule has 0 fully saturated rings. The van der Waals surface area contributed by atoms with Crippen LogP contribution in [0.1, 0.15) is 193 Å². The number of carboxylic acid groups (broad SMARTS) is 4. The van der Waals surface area contributed by atoms with Gasteiger partial charge in [0, 0.05) is 77.4 Å². The topological polar surface area (TPSA) is 290 Å². The zero-order valence-electron chi connectivity index (χ0n) is 41.7. The van der Waals surface area contributed by atoms with Gasteiger partial charge in [-0.2, -0.15) is 0 Å². The number of hydrogen-bond acceptors (Lipinski definition) is 12. The smallest absolute Gasteiger partial charge is 0.303 e. The van der Waals surface area contributed by atoms with Crippen molar-refractivity contribution in [3.8, 4) is 0 Å². The molecule has 0 bridgehead atoms. The van der Waals surface area contributed by atoms with Crippen LogP contribution in [-0.2, 0) is 57.3 Å². The first kappa shape index (κ1) is 64.8. The maximum atomic E-state index is 12.7. The fourth-order valence-electron chi connectivity index (χ4n) is 7.26. The number of carbonyl (C=O) groups excluding carboxylic acids is 4. The van der Waals surface area contributed by atoms with Gasteiger partial charge < -0.3 is 55.3 Å². The molecule has 0 heterocycles. The van der Waals surface area contributed by atoms with Crippen molar-refractivity contribution in [2.75, 3.05) is 72.5 Å². The molecule has 0 aromatic rings. The van der Waals surface area contributed by atoms with Crippen molar-refractivity contribution in [3.05, 3.63) is 0 Å². The van der Waals surface area contributed by atoms with Crippen molar-refractivity contribution < 1.29 is 77.7 Å². The lowest BCUT2D eigenvalue weighted by atomic mass is 9.92. The van der Waals surface area contributed by atoms with Crippen LogP contribution in [0.25, 0.3) is 0 Å². The van der Waals surface area contributed by atoms with Gasteiger partial charge in [0.25, 0.3) is 0 Å². The predicted octanol–water partition coefficient (Wildman–Crippen LogP) is 7.00. The molecule has 0 saturated heterocycles. The maximum Gasteiger partial charge on any atom is 0.303 e. The molecule has 7 N–H and O–H groups in total. The minimum absolute atomic E-state index is 0.0500. The lowest BCUT2D eigenvalue weighted by Gasteiger charge is -2.33. The Morgan fingerprint density at radius 3 is 0.797 bits per heavy atom. The summed E-state index contributed by atoms with van der Waals surface area (Å²) in [4.78, 5) is 93.4. The van der Waals surface area contributed by atoms with Crippen LogP contribution >= 0.6 is 0 Å². The summed E-state index contributed by atoms with van der Waals surface area (Å²) in [6.45, 7) is 2.10. The molecule has 400 valence electrons. The molecule has 0 aliphatic rings. The summed E-state index contributed by atoms with van der Waals surface area (Å²) in [6.07, 6.45) is 18.5. The highest BCUT2D eigenvalue weighted by atomic mass is 16.5. The highest BCUT2D eigenvalue weighted by molar-refractivity contribution is 5.78. The van der Waals surface area contributed by atoms with Gasteiger partial charge in [-0.05, 0) is 51.4 Å². The fourth-order valence-corrected chi connectivity index (χ4v) is 7.26. The van der Waals surface area contributed by atoms with Crippen LogP contribution in [-0.4, -0.2) is 140 Å². The highest BCUT2D eigenvalue weighted by Gasteiger charge is 2.33. The summed E-state index contributed by atoms with van der Waals surface area (Å²) >= 11 is 0. The van der Waals surface area contributed by atoms with E-state index >= 15 is 0 Å². The van der Waals surface area contributed by atoms with E-state index < -0.39 is 29.3 Å². The molecule has 0 unspecified atom stereocenters. The molecular weight excluding hydrogens is 899 g/mol. The van der Waals surface area contributed by atoms with E-state index in [9.17, 15) is 38.4 Å². The Labute approximate surface area is 410 Å². The van der Waals surface area contributed by atoms with E-state index in [4.69, 9.17) is 39.4 Å². The van der Waals surface area contributed by atoms with Gasteiger partial charge >= 0.3 is 23.9 Å². The predicted molar refractivity (Wildman–Crippen MR) is 259 cm³/mol. The van der Waals surface area contributed by atoms with Crippen LogP contribution in [0.4, 0.5) is 0 Å². The van der Waals surface area contributed by atoms with Gasteiger partial charge in [-0.3, -0.25) is 38.4 Å². The van der Waals surface area contributed by atoms with Gasteiger partial charge in [-0.15, -0.1) is 0 Å². The molecule has 0 aromatic heterocycles. The molecular formula is C50H89N3O16. The van der Waals surface area contributed by atoms with E-state index in [0.29, 0.717) is 51.7 Å². The molecule has 0 rings (SSSR count). The van der Waals surface area contributed by atoms with Gasteiger partial charge in [0.15, 0.2) is 0 Å². The third-order valence-electron chi connectivity index (χ3n) is 11.3. The Kier molecular flexibility index (Phi) is 43.4. The number of carbonyl (C=O) groups is 8. The van der Waals surface area contributed by atoms with E-state index in [1.165, 1.54) is 0 Å². The average Bonchev–Trinajstić information content (AvgIpc) is 3.29. The lowest BCUT2D eigenvalue weighted by Crippen LogP contribution is -2.42. The number of hydrogen-bond donors (Lipinski definition) is 7. The number of carboxylic acids is 4. The molecule has 0 aliphatic heterocycles. The maximum absolute atomic E-state index is 12.7. The molecule has 0 aromatic carbocycles. The van der Waals surface area contributed by atoms with E-state index in [1.807, 2.05) is 0 Å². The SMILES string of the molecule is O=C(O)CCCCCCCCC(=O)CCOCC(COCCC(=O)NCCCCCCCC(=O)O)(COCCC(=O)NCCCCCCCC(=O)O)COCCC(=O)NCCCCCCCC(=O)O. The van der Waals surface area contributed by atoms with E-state index in [-0.39, 0.29) is 128 Å². The number of nitrogens with one attached hydrogen (secondary N) is 3. The summed E-state index contributed by atoms with van der Waals surface area (Å²) in [6, 6.07) is 0. The Morgan fingerprint density at radius 2 is 0.522 bits per heavy atom. The summed E-state index contributed by atoms with van der Waals surface area (Å²) in [5.74, 6) is -3.68. The summed E-state index contributed by atoms with van der Waals surface area (Å²) in [5, 5.41) is 43.9. The molecule has 0 aliphatic carbocycles. The number of rotatable bonds is 53. The second-order valence-electron chi connectivity index (χ2n) is 18.0. The van der Waals surface area contributed by atoms with Crippen LogP contribution in [0.3, 0.4) is 0 Å². The first-order chi connectivity index (χ1) is 33.2. The molecule has 19 nitrogen and oxygen atoms in total. The Balaban J connectivity index is 5.40. The van der Waals surface area contributed by atoms with Crippen LogP contribution < -0.4 is 16.0 Å². The normalized spacial score (nSPS) is 11.3. The Bertz CT molecular complexity index is 1190. The van der Waals surface area contributed by atoms with Crippen molar-refractivity contribution in [2.45, 2.75) is 193 Å². The van der Waals surface area contributed by atoms with E-state index in [0.717, 1.165) is 109 Å². The average molecular weight is 988 g/mol. The number of ketones is 1. The van der Waals surface area contributed by atoms with Crippen molar-refractivity contribution in [3.63, 3.8) is 0 Å². The third kappa shape index (κ3) is 47.3. The molecule has 0 radical (unpaired) electrons. The molecule has 0 saturated carbocycles. The second kappa shape index (κ2) is 46.2. The number of aliphatic carboxylic acids is 4. The summed E-state index contributed by atoms with van der Waals surface area (Å²) < 4.78 is 24.3. The Hall–Kier alpha value is -4.20. The molecule has 19 heteroatoms. The third-order valence-corrected chi connectivity index (χ3v) is 11.3. The number of ether oxygens (including phenoxy) is 4.